The Bertz CT molecular complexity index is 668. The standard InChI is InChI=1S/C19H30N6S/c1-15(2)18(19-20-21-22-25(19)14-17-8-5-13-26-17)24-11-9-23(10-12-24)16-6-3-4-7-16/h5,8,13,15-16,18H,3-4,6-7,9-12,14H2,1-2H3/p+2/t18-/m1/s1. The van der Waals surface area contributed by atoms with Crippen LogP contribution in [-0.4, -0.2) is 52.4 Å². The van der Waals surface area contributed by atoms with Crippen LogP contribution >= 0.6 is 11.3 Å². The van der Waals surface area contributed by atoms with Crippen LogP contribution in [0.25, 0.3) is 0 Å². The summed E-state index contributed by atoms with van der Waals surface area (Å²) in [4.78, 5) is 4.84. The summed E-state index contributed by atoms with van der Waals surface area (Å²) in [5, 5.41) is 14.9. The highest BCUT2D eigenvalue weighted by Gasteiger charge is 2.38. The van der Waals surface area contributed by atoms with E-state index in [1.807, 2.05) is 9.58 Å². The smallest absolute Gasteiger partial charge is 0.209 e. The summed E-state index contributed by atoms with van der Waals surface area (Å²) < 4.78 is 2.03. The molecular weight excluding hydrogens is 344 g/mol. The van der Waals surface area contributed by atoms with Gasteiger partial charge in [-0.1, -0.05) is 19.9 Å². The number of quaternary nitrogens is 2. The summed E-state index contributed by atoms with van der Waals surface area (Å²) in [6.07, 6.45) is 5.77. The topological polar surface area (TPSA) is 52.5 Å². The van der Waals surface area contributed by atoms with E-state index < -0.39 is 0 Å². The van der Waals surface area contributed by atoms with Gasteiger partial charge in [0.2, 0.25) is 5.82 Å². The highest BCUT2D eigenvalue weighted by molar-refractivity contribution is 7.09. The van der Waals surface area contributed by atoms with E-state index in [0.717, 1.165) is 18.4 Å². The molecule has 4 rings (SSSR count). The lowest BCUT2D eigenvalue weighted by atomic mass is 10.00. The number of hydrogen-bond acceptors (Lipinski definition) is 4. The van der Waals surface area contributed by atoms with Gasteiger partial charge in [-0.05, 0) is 47.6 Å². The molecule has 1 saturated carbocycles. The zero-order chi connectivity index (χ0) is 17.9. The van der Waals surface area contributed by atoms with E-state index in [1.54, 1.807) is 16.2 Å². The molecule has 3 heterocycles. The second-order valence-electron chi connectivity index (χ2n) is 8.29. The van der Waals surface area contributed by atoms with E-state index >= 15 is 0 Å². The summed E-state index contributed by atoms with van der Waals surface area (Å²) in [7, 11) is 0. The molecule has 0 unspecified atom stereocenters. The molecule has 2 aromatic heterocycles. The van der Waals surface area contributed by atoms with Gasteiger partial charge in [-0.2, -0.15) is 0 Å². The lowest BCUT2D eigenvalue weighted by Gasteiger charge is -2.37. The van der Waals surface area contributed by atoms with Crippen LogP contribution in [0.3, 0.4) is 0 Å². The molecule has 0 spiro atoms. The SMILES string of the molecule is CC(C)[C@H](c1nnnn1Cc1cccs1)[NH+]1CC[NH+](C2CCCC2)CC1. The molecule has 7 heteroatoms. The maximum Gasteiger partial charge on any atom is 0.209 e. The van der Waals surface area contributed by atoms with Crippen molar-refractivity contribution >= 4 is 11.3 Å². The Morgan fingerprint density at radius 3 is 2.62 bits per heavy atom. The Kier molecular flexibility index (Phi) is 5.66. The summed E-state index contributed by atoms with van der Waals surface area (Å²) >= 11 is 1.77. The van der Waals surface area contributed by atoms with Crippen LogP contribution in [0.4, 0.5) is 0 Å². The molecule has 1 aliphatic carbocycles. The van der Waals surface area contributed by atoms with Crippen molar-refractivity contribution in [3.8, 4) is 0 Å². The molecule has 2 N–H and O–H groups in total. The van der Waals surface area contributed by atoms with Gasteiger partial charge in [0.05, 0.1) is 12.6 Å². The van der Waals surface area contributed by atoms with Crippen molar-refractivity contribution in [2.45, 2.75) is 58.2 Å². The Morgan fingerprint density at radius 1 is 1.19 bits per heavy atom. The first kappa shape index (κ1) is 18.1. The zero-order valence-electron chi connectivity index (χ0n) is 16.0. The highest BCUT2D eigenvalue weighted by atomic mass is 32.1. The van der Waals surface area contributed by atoms with Gasteiger partial charge in [-0.25, -0.2) is 4.68 Å². The predicted octanol–water partition coefficient (Wildman–Crippen LogP) is 0.206. The van der Waals surface area contributed by atoms with Crippen LogP contribution in [0.15, 0.2) is 17.5 Å². The van der Waals surface area contributed by atoms with Crippen molar-refractivity contribution < 1.29 is 9.80 Å². The third kappa shape index (κ3) is 3.85. The molecule has 0 aromatic carbocycles. The van der Waals surface area contributed by atoms with Crippen LogP contribution in [0.1, 0.15) is 56.3 Å². The minimum Gasteiger partial charge on any atom is -0.323 e. The van der Waals surface area contributed by atoms with Gasteiger partial charge in [-0.3, -0.25) is 0 Å². The maximum atomic E-state index is 4.47. The van der Waals surface area contributed by atoms with Crippen molar-refractivity contribution in [1.82, 2.24) is 20.2 Å². The number of aromatic nitrogens is 4. The first-order valence-corrected chi connectivity index (χ1v) is 11.1. The molecule has 0 bridgehead atoms. The van der Waals surface area contributed by atoms with Crippen LogP contribution in [0.5, 0.6) is 0 Å². The largest absolute Gasteiger partial charge is 0.323 e. The molecule has 142 valence electrons. The van der Waals surface area contributed by atoms with Crippen molar-refractivity contribution in [2.24, 2.45) is 5.92 Å². The van der Waals surface area contributed by atoms with Gasteiger partial charge in [0, 0.05) is 10.8 Å². The fraction of sp³-hybridized carbons (Fsp3) is 0.737. The maximum absolute atomic E-state index is 4.47. The number of tetrazole rings is 1. The van der Waals surface area contributed by atoms with E-state index in [-0.39, 0.29) is 0 Å². The fourth-order valence-corrected chi connectivity index (χ4v) is 5.68. The monoisotopic (exact) mass is 376 g/mol. The number of nitrogens with zero attached hydrogens (tertiary/aromatic N) is 4. The van der Waals surface area contributed by atoms with E-state index in [0.29, 0.717) is 12.0 Å². The number of nitrogens with one attached hydrogen (secondary N) is 2. The lowest BCUT2D eigenvalue weighted by molar-refractivity contribution is -1.04. The van der Waals surface area contributed by atoms with Gasteiger partial charge < -0.3 is 9.80 Å². The molecule has 6 nitrogen and oxygen atoms in total. The molecule has 0 amide bonds. The Morgan fingerprint density at radius 2 is 1.96 bits per heavy atom. The van der Waals surface area contributed by atoms with Gasteiger partial charge in [0.15, 0.2) is 6.04 Å². The summed E-state index contributed by atoms with van der Waals surface area (Å²) in [5.41, 5.74) is 0. The van der Waals surface area contributed by atoms with Gasteiger partial charge in [0.1, 0.15) is 26.2 Å². The Balaban J connectivity index is 1.46. The van der Waals surface area contributed by atoms with Gasteiger partial charge >= 0.3 is 0 Å². The van der Waals surface area contributed by atoms with E-state index in [1.165, 1.54) is 56.7 Å². The van der Waals surface area contributed by atoms with Crippen LogP contribution in [-0.2, 0) is 6.54 Å². The highest BCUT2D eigenvalue weighted by Crippen LogP contribution is 2.19. The predicted molar refractivity (Wildman–Crippen MR) is 102 cm³/mol. The minimum absolute atomic E-state index is 0.384. The van der Waals surface area contributed by atoms with Crippen LogP contribution < -0.4 is 9.80 Å². The number of piperazine rings is 1. The summed E-state index contributed by atoms with van der Waals surface area (Å²) in [5.74, 6) is 1.60. The quantitative estimate of drug-likeness (QED) is 0.758. The van der Waals surface area contributed by atoms with E-state index in [4.69, 9.17) is 0 Å². The first-order valence-electron chi connectivity index (χ1n) is 10.2. The first-order chi connectivity index (χ1) is 12.7. The van der Waals surface area contributed by atoms with Crippen molar-refractivity contribution in [3.63, 3.8) is 0 Å². The van der Waals surface area contributed by atoms with Crippen molar-refractivity contribution in [2.75, 3.05) is 26.2 Å². The second kappa shape index (κ2) is 8.15. The molecule has 2 fully saturated rings. The number of thiophene rings is 1. The number of rotatable bonds is 6. The molecule has 1 atom stereocenters. The zero-order valence-corrected chi connectivity index (χ0v) is 16.8. The average molecular weight is 377 g/mol. The van der Waals surface area contributed by atoms with Crippen LogP contribution in [0, 0.1) is 5.92 Å². The minimum atomic E-state index is 0.384. The third-order valence-electron chi connectivity index (χ3n) is 6.30. The fourth-order valence-electron chi connectivity index (χ4n) is 4.99. The van der Waals surface area contributed by atoms with E-state index in [2.05, 4.69) is 46.9 Å². The molecule has 2 aliphatic rings. The van der Waals surface area contributed by atoms with E-state index in [9.17, 15) is 0 Å². The van der Waals surface area contributed by atoms with Crippen molar-refractivity contribution in [3.05, 3.63) is 28.2 Å². The lowest BCUT2D eigenvalue weighted by Crippen LogP contribution is -3.29. The summed E-state index contributed by atoms with van der Waals surface area (Å²) in [6.45, 7) is 10.5. The Labute approximate surface area is 160 Å². The van der Waals surface area contributed by atoms with Gasteiger partial charge in [-0.15, -0.1) is 16.4 Å². The van der Waals surface area contributed by atoms with Gasteiger partial charge in [0.25, 0.3) is 0 Å². The normalized spacial score (nSPS) is 25.8. The molecule has 2 aromatic rings. The Hall–Kier alpha value is -1.31. The van der Waals surface area contributed by atoms with Crippen molar-refractivity contribution in [1.29, 1.82) is 0 Å². The number of hydrogen-bond donors (Lipinski definition) is 2. The molecule has 26 heavy (non-hydrogen) atoms. The van der Waals surface area contributed by atoms with Crippen LogP contribution in [0.2, 0.25) is 0 Å². The molecule has 1 saturated heterocycles. The average Bonchev–Trinajstić information content (AvgIpc) is 3.39. The molecular formula is C19H32N6S+2. The third-order valence-corrected chi connectivity index (χ3v) is 7.16. The molecule has 1 aliphatic heterocycles. The summed E-state index contributed by atoms with van der Waals surface area (Å²) in [6, 6.07) is 5.57. The second-order valence-corrected chi connectivity index (χ2v) is 9.33. The molecule has 0 radical (unpaired) electrons.